The van der Waals surface area contributed by atoms with Gasteiger partial charge in [0.1, 0.15) is 11.6 Å². The van der Waals surface area contributed by atoms with E-state index in [1.165, 1.54) is 28.9 Å². The number of aromatic nitrogens is 4. The number of anilines is 1. The van der Waals surface area contributed by atoms with Gasteiger partial charge in [-0.25, -0.2) is 9.07 Å². The molecule has 0 bridgehead atoms. The molecule has 4 rings (SSSR count). The summed E-state index contributed by atoms with van der Waals surface area (Å²) in [5, 5.41) is 11.8. The monoisotopic (exact) mass is 425 g/mol. The summed E-state index contributed by atoms with van der Waals surface area (Å²) < 4.78 is 21.6. The number of nitrogens with zero attached hydrogens (tertiary/aromatic N) is 4. The molecular weight excluding hydrogens is 409 g/mol. The molecule has 1 N–H and O–H groups in total. The molecule has 0 aliphatic heterocycles. The predicted octanol–water partition coefficient (Wildman–Crippen LogP) is 4.21. The standard InChI is InChI=1S/C21H17ClFN5O2/c22-16-11-24-28(13-16)12-15-2-1-3-18(10-15)25-21(29)20-8-9-27(26-20)14-30-19-6-4-17(23)5-7-19/h1-11,13H,12,14H2,(H,25,29). The first-order chi connectivity index (χ1) is 14.5. The lowest BCUT2D eigenvalue weighted by Gasteiger charge is -2.07. The van der Waals surface area contributed by atoms with Gasteiger partial charge in [-0.3, -0.25) is 9.48 Å². The molecule has 2 aromatic carbocycles. The Bertz CT molecular complexity index is 1160. The van der Waals surface area contributed by atoms with Crippen LogP contribution in [0.15, 0.2) is 73.2 Å². The highest BCUT2D eigenvalue weighted by Crippen LogP contribution is 2.15. The van der Waals surface area contributed by atoms with Crippen LogP contribution in [0, 0.1) is 5.82 Å². The van der Waals surface area contributed by atoms with Crippen molar-refractivity contribution in [2.45, 2.75) is 13.3 Å². The summed E-state index contributed by atoms with van der Waals surface area (Å²) in [7, 11) is 0. The fraction of sp³-hybridized carbons (Fsp3) is 0.0952. The summed E-state index contributed by atoms with van der Waals surface area (Å²) in [5.41, 5.74) is 1.86. The molecule has 0 radical (unpaired) electrons. The number of nitrogens with one attached hydrogen (secondary N) is 1. The second kappa shape index (κ2) is 8.79. The number of hydrogen-bond donors (Lipinski definition) is 1. The number of amides is 1. The summed E-state index contributed by atoms with van der Waals surface area (Å²) in [4.78, 5) is 12.5. The Morgan fingerprint density at radius 1 is 1.13 bits per heavy atom. The SMILES string of the molecule is O=C(Nc1cccc(Cn2cc(Cl)cn2)c1)c1ccn(COc2ccc(F)cc2)n1. The van der Waals surface area contributed by atoms with Gasteiger partial charge in [-0.05, 0) is 48.0 Å². The number of ether oxygens (including phenoxy) is 1. The highest BCUT2D eigenvalue weighted by molar-refractivity contribution is 6.30. The van der Waals surface area contributed by atoms with Crippen molar-refractivity contribution in [2.24, 2.45) is 0 Å². The van der Waals surface area contributed by atoms with Crippen LogP contribution in [0.4, 0.5) is 10.1 Å². The lowest BCUT2D eigenvalue weighted by molar-refractivity contribution is 0.102. The lowest BCUT2D eigenvalue weighted by Crippen LogP contribution is -2.14. The van der Waals surface area contributed by atoms with Gasteiger partial charge < -0.3 is 10.1 Å². The van der Waals surface area contributed by atoms with Crippen molar-refractivity contribution in [1.29, 1.82) is 0 Å². The zero-order chi connectivity index (χ0) is 20.9. The Labute approximate surface area is 176 Å². The number of carbonyl (C=O) groups excluding carboxylic acids is 1. The first-order valence-electron chi connectivity index (χ1n) is 9.05. The van der Waals surface area contributed by atoms with E-state index in [4.69, 9.17) is 16.3 Å². The molecule has 0 atom stereocenters. The fourth-order valence-electron chi connectivity index (χ4n) is 2.78. The second-order valence-corrected chi connectivity index (χ2v) is 6.91. The normalized spacial score (nSPS) is 10.7. The van der Waals surface area contributed by atoms with E-state index < -0.39 is 0 Å². The number of carbonyl (C=O) groups is 1. The maximum Gasteiger partial charge on any atom is 0.276 e. The Morgan fingerprint density at radius 2 is 1.97 bits per heavy atom. The minimum absolute atomic E-state index is 0.0980. The van der Waals surface area contributed by atoms with E-state index in [9.17, 15) is 9.18 Å². The maximum atomic E-state index is 12.9. The molecule has 0 saturated heterocycles. The van der Waals surface area contributed by atoms with E-state index in [1.807, 2.05) is 18.2 Å². The van der Waals surface area contributed by atoms with E-state index >= 15 is 0 Å². The topological polar surface area (TPSA) is 74.0 Å². The van der Waals surface area contributed by atoms with Gasteiger partial charge in [0.25, 0.3) is 5.91 Å². The van der Waals surface area contributed by atoms with Crippen LogP contribution in [0.3, 0.4) is 0 Å². The molecule has 4 aromatic rings. The van der Waals surface area contributed by atoms with Crippen molar-refractivity contribution in [1.82, 2.24) is 19.6 Å². The number of halogens is 2. The van der Waals surface area contributed by atoms with Gasteiger partial charge in [0.05, 0.1) is 17.8 Å². The van der Waals surface area contributed by atoms with Crippen LogP contribution < -0.4 is 10.1 Å². The first kappa shape index (κ1) is 19.7. The summed E-state index contributed by atoms with van der Waals surface area (Å²) in [5.74, 6) is -0.166. The minimum atomic E-state index is -0.338. The van der Waals surface area contributed by atoms with Gasteiger partial charge in [0, 0.05) is 18.1 Å². The van der Waals surface area contributed by atoms with Gasteiger partial charge in [0.15, 0.2) is 12.4 Å². The molecular formula is C21H17ClFN5O2. The van der Waals surface area contributed by atoms with Crippen molar-refractivity contribution in [2.75, 3.05) is 5.32 Å². The van der Waals surface area contributed by atoms with Crippen LogP contribution in [0.25, 0.3) is 0 Å². The van der Waals surface area contributed by atoms with Gasteiger partial charge in [-0.15, -0.1) is 0 Å². The molecule has 0 spiro atoms. The number of hydrogen-bond acceptors (Lipinski definition) is 4. The Kier molecular flexibility index (Phi) is 5.76. The largest absolute Gasteiger partial charge is 0.471 e. The fourth-order valence-corrected chi connectivity index (χ4v) is 2.94. The van der Waals surface area contributed by atoms with Gasteiger partial charge in [-0.2, -0.15) is 10.2 Å². The summed E-state index contributed by atoms with van der Waals surface area (Å²) in [6, 6.07) is 14.7. The number of rotatable bonds is 7. The summed E-state index contributed by atoms with van der Waals surface area (Å²) in [6.07, 6.45) is 4.94. The molecule has 30 heavy (non-hydrogen) atoms. The van der Waals surface area contributed by atoms with E-state index in [-0.39, 0.29) is 24.1 Å². The molecule has 9 heteroatoms. The van der Waals surface area contributed by atoms with E-state index in [0.717, 1.165) is 5.56 Å². The van der Waals surface area contributed by atoms with Crippen LogP contribution in [0.2, 0.25) is 5.02 Å². The van der Waals surface area contributed by atoms with E-state index in [2.05, 4.69) is 15.5 Å². The Balaban J connectivity index is 1.36. The third kappa shape index (κ3) is 5.03. The van der Waals surface area contributed by atoms with E-state index in [0.29, 0.717) is 23.0 Å². The third-order valence-electron chi connectivity index (χ3n) is 4.18. The minimum Gasteiger partial charge on any atom is -0.471 e. The molecule has 2 heterocycles. The Morgan fingerprint density at radius 3 is 2.73 bits per heavy atom. The highest BCUT2D eigenvalue weighted by atomic mass is 35.5. The van der Waals surface area contributed by atoms with Crippen LogP contribution in [0.1, 0.15) is 16.1 Å². The summed E-state index contributed by atoms with van der Waals surface area (Å²) >= 11 is 5.89. The van der Waals surface area contributed by atoms with Crippen molar-refractivity contribution in [3.63, 3.8) is 0 Å². The zero-order valence-electron chi connectivity index (χ0n) is 15.7. The second-order valence-electron chi connectivity index (χ2n) is 6.48. The molecule has 0 aliphatic carbocycles. The molecule has 0 aliphatic rings. The van der Waals surface area contributed by atoms with Crippen LogP contribution in [-0.4, -0.2) is 25.5 Å². The molecule has 152 valence electrons. The molecule has 0 saturated carbocycles. The molecule has 0 fully saturated rings. The van der Waals surface area contributed by atoms with Gasteiger partial charge >= 0.3 is 0 Å². The molecule has 0 unspecified atom stereocenters. The number of benzene rings is 2. The van der Waals surface area contributed by atoms with Crippen LogP contribution >= 0.6 is 11.6 Å². The quantitative estimate of drug-likeness (QED) is 0.481. The van der Waals surface area contributed by atoms with Crippen molar-refractivity contribution < 1.29 is 13.9 Å². The average Bonchev–Trinajstić information content (AvgIpc) is 3.37. The predicted molar refractivity (Wildman–Crippen MR) is 110 cm³/mol. The maximum absolute atomic E-state index is 12.9. The average molecular weight is 426 g/mol. The summed E-state index contributed by atoms with van der Waals surface area (Å²) in [6.45, 7) is 0.632. The van der Waals surface area contributed by atoms with Crippen LogP contribution in [0.5, 0.6) is 5.75 Å². The zero-order valence-corrected chi connectivity index (χ0v) is 16.5. The highest BCUT2D eigenvalue weighted by Gasteiger charge is 2.11. The molecule has 2 aromatic heterocycles. The smallest absolute Gasteiger partial charge is 0.276 e. The molecule has 1 amide bonds. The van der Waals surface area contributed by atoms with Crippen molar-refractivity contribution >= 4 is 23.2 Å². The molecule has 7 nitrogen and oxygen atoms in total. The van der Waals surface area contributed by atoms with E-state index in [1.54, 1.807) is 35.4 Å². The lowest BCUT2D eigenvalue weighted by atomic mass is 10.2. The van der Waals surface area contributed by atoms with Crippen LogP contribution in [-0.2, 0) is 13.3 Å². The van der Waals surface area contributed by atoms with Crippen molar-refractivity contribution in [3.05, 3.63) is 95.3 Å². The Hall–Kier alpha value is -3.65. The van der Waals surface area contributed by atoms with Crippen molar-refractivity contribution in [3.8, 4) is 5.75 Å². The third-order valence-corrected chi connectivity index (χ3v) is 4.38. The van der Waals surface area contributed by atoms with Gasteiger partial charge in [-0.1, -0.05) is 23.7 Å². The van der Waals surface area contributed by atoms with Gasteiger partial charge in [0.2, 0.25) is 0 Å². The first-order valence-corrected chi connectivity index (χ1v) is 9.43.